The Morgan fingerprint density at radius 1 is 1.61 bits per heavy atom. The van der Waals surface area contributed by atoms with E-state index in [2.05, 4.69) is 15.0 Å². The Balaban J connectivity index is 0.00000162. The monoisotopic (exact) mass is 294 g/mol. The minimum atomic E-state index is -3.47. The number of piperidine rings is 1. The highest BCUT2D eigenvalue weighted by Gasteiger charge is 2.23. The van der Waals surface area contributed by atoms with Crippen LogP contribution in [-0.4, -0.2) is 37.1 Å². The topological polar surface area (TPSA) is 76.0 Å². The number of hydrogen-bond donors (Lipinski definition) is 2. The van der Waals surface area contributed by atoms with Crippen LogP contribution >= 0.6 is 12.4 Å². The average molecular weight is 295 g/mol. The Morgan fingerprint density at radius 2 is 2.39 bits per heavy atom. The fourth-order valence-corrected chi connectivity index (χ4v) is 3.10. The summed E-state index contributed by atoms with van der Waals surface area (Å²) in [6, 6.07) is -0.0273. The SMILES string of the molecule is CCn1cnc(S(=O)(=O)N[C@H]2CCCNC2)c1.Cl. The van der Waals surface area contributed by atoms with Crippen molar-refractivity contribution in [3.05, 3.63) is 12.5 Å². The van der Waals surface area contributed by atoms with Crippen LogP contribution in [0.5, 0.6) is 0 Å². The van der Waals surface area contributed by atoms with Gasteiger partial charge in [0.05, 0.1) is 6.33 Å². The first-order chi connectivity index (χ1) is 8.12. The van der Waals surface area contributed by atoms with Gasteiger partial charge in [-0.05, 0) is 26.3 Å². The second kappa shape index (κ2) is 6.51. The van der Waals surface area contributed by atoms with Crippen LogP contribution in [0.4, 0.5) is 0 Å². The molecule has 0 spiro atoms. The molecule has 104 valence electrons. The van der Waals surface area contributed by atoms with Crippen LogP contribution in [0.15, 0.2) is 17.6 Å². The van der Waals surface area contributed by atoms with Gasteiger partial charge in [-0.2, -0.15) is 0 Å². The first-order valence-electron chi connectivity index (χ1n) is 5.86. The molecule has 2 heterocycles. The van der Waals surface area contributed by atoms with E-state index < -0.39 is 10.0 Å². The summed E-state index contributed by atoms with van der Waals surface area (Å²) >= 11 is 0. The van der Waals surface area contributed by atoms with Crippen molar-refractivity contribution in [2.24, 2.45) is 0 Å². The molecule has 0 aromatic carbocycles. The first kappa shape index (κ1) is 15.4. The van der Waals surface area contributed by atoms with Crippen molar-refractivity contribution in [2.45, 2.75) is 37.4 Å². The van der Waals surface area contributed by atoms with Gasteiger partial charge in [-0.3, -0.25) is 0 Å². The van der Waals surface area contributed by atoms with Crippen molar-refractivity contribution < 1.29 is 8.42 Å². The molecule has 1 aliphatic rings. The summed E-state index contributed by atoms with van der Waals surface area (Å²) in [6.07, 6.45) is 4.96. The Morgan fingerprint density at radius 3 is 2.94 bits per heavy atom. The van der Waals surface area contributed by atoms with Crippen LogP contribution < -0.4 is 10.0 Å². The molecule has 2 N–H and O–H groups in total. The Hall–Kier alpha value is -0.630. The van der Waals surface area contributed by atoms with Gasteiger partial charge in [0.25, 0.3) is 10.0 Å². The lowest BCUT2D eigenvalue weighted by Gasteiger charge is -2.23. The number of imidazole rings is 1. The highest BCUT2D eigenvalue weighted by molar-refractivity contribution is 7.89. The van der Waals surface area contributed by atoms with E-state index in [1.165, 1.54) is 6.33 Å². The molecule has 1 atom stereocenters. The lowest BCUT2D eigenvalue weighted by molar-refractivity contribution is 0.428. The first-order valence-corrected chi connectivity index (χ1v) is 7.35. The molecule has 2 rings (SSSR count). The minimum absolute atomic E-state index is 0. The second-order valence-corrected chi connectivity index (χ2v) is 5.87. The highest BCUT2D eigenvalue weighted by Crippen LogP contribution is 2.09. The Labute approximate surface area is 114 Å². The van der Waals surface area contributed by atoms with E-state index in [0.717, 1.165) is 19.4 Å². The summed E-state index contributed by atoms with van der Waals surface area (Å²) in [7, 11) is -3.47. The van der Waals surface area contributed by atoms with Crippen molar-refractivity contribution in [1.82, 2.24) is 19.6 Å². The third-order valence-electron chi connectivity index (χ3n) is 2.87. The summed E-state index contributed by atoms with van der Waals surface area (Å²) < 4.78 is 28.5. The molecule has 1 saturated heterocycles. The van der Waals surface area contributed by atoms with Crippen LogP contribution in [0, 0.1) is 0 Å². The number of hydrogen-bond acceptors (Lipinski definition) is 4. The third kappa shape index (κ3) is 3.68. The fourth-order valence-electron chi connectivity index (χ4n) is 1.88. The van der Waals surface area contributed by atoms with Gasteiger partial charge in [-0.1, -0.05) is 0 Å². The Kier molecular flexibility index (Phi) is 5.58. The summed E-state index contributed by atoms with van der Waals surface area (Å²) in [5, 5.41) is 3.27. The molecule has 1 aliphatic heterocycles. The van der Waals surface area contributed by atoms with Crippen LogP contribution in [0.25, 0.3) is 0 Å². The number of rotatable bonds is 4. The second-order valence-electron chi connectivity index (χ2n) is 4.21. The molecule has 6 nitrogen and oxygen atoms in total. The zero-order valence-corrected chi connectivity index (χ0v) is 11.9. The van der Waals surface area contributed by atoms with Crippen molar-refractivity contribution in [2.75, 3.05) is 13.1 Å². The average Bonchev–Trinajstić information content (AvgIpc) is 2.79. The van der Waals surface area contributed by atoms with E-state index in [0.29, 0.717) is 13.1 Å². The van der Waals surface area contributed by atoms with Gasteiger partial charge in [0.1, 0.15) is 0 Å². The molecule has 18 heavy (non-hydrogen) atoms. The number of sulfonamides is 1. The fraction of sp³-hybridized carbons (Fsp3) is 0.700. The van der Waals surface area contributed by atoms with Crippen LogP contribution in [0.1, 0.15) is 19.8 Å². The lowest BCUT2D eigenvalue weighted by Crippen LogP contribution is -2.45. The number of halogens is 1. The molecule has 0 radical (unpaired) electrons. The molecule has 0 bridgehead atoms. The van der Waals surface area contributed by atoms with Gasteiger partial charge in [0, 0.05) is 25.3 Å². The van der Waals surface area contributed by atoms with Gasteiger partial charge < -0.3 is 9.88 Å². The molecule has 0 aliphatic carbocycles. The van der Waals surface area contributed by atoms with E-state index >= 15 is 0 Å². The van der Waals surface area contributed by atoms with Crippen molar-refractivity contribution >= 4 is 22.4 Å². The molecule has 1 aromatic rings. The van der Waals surface area contributed by atoms with E-state index in [1.807, 2.05) is 6.92 Å². The Bertz CT molecular complexity index is 468. The molecule has 0 unspecified atom stereocenters. The van der Waals surface area contributed by atoms with Gasteiger partial charge in [-0.15, -0.1) is 12.4 Å². The number of nitrogens with one attached hydrogen (secondary N) is 2. The third-order valence-corrected chi connectivity index (χ3v) is 4.27. The summed E-state index contributed by atoms with van der Waals surface area (Å²) in [5.74, 6) is 0. The zero-order valence-electron chi connectivity index (χ0n) is 10.3. The maximum Gasteiger partial charge on any atom is 0.259 e. The highest BCUT2D eigenvalue weighted by atomic mass is 35.5. The summed E-state index contributed by atoms with van der Waals surface area (Å²) in [5.41, 5.74) is 0. The predicted molar refractivity (Wildman–Crippen MR) is 71.4 cm³/mol. The van der Waals surface area contributed by atoms with Gasteiger partial charge >= 0.3 is 0 Å². The standard InChI is InChI=1S/C10H18N4O2S.ClH/c1-2-14-7-10(12-8-14)17(15,16)13-9-4-3-5-11-6-9;/h7-9,11,13H,2-6H2,1H3;1H/t9-;/m0./s1. The van der Waals surface area contributed by atoms with Gasteiger partial charge in [0.15, 0.2) is 5.03 Å². The molecule has 1 fully saturated rings. The largest absolute Gasteiger partial charge is 0.336 e. The van der Waals surface area contributed by atoms with E-state index in [9.17, 15) is 8.42 Å². The predicted octanol–water partition coefficient (Wildman–Crippen LogP) is 0.355. The van der Waals surface area contributed by atoms with E-state index in [1.54, 1.807) is 10.8 Å². The molecule has 8 heteroatoms. The van der Waals surface area contributed by atoms with Gasteiger partial charge in [-0.25, -0.2) is 18.1 Å². The maximum atomic E-state index is 12.0. The number of aromatic nitrogens is 2. The van der Waals surface area contributed by atoms with Crippen molar-refractivity contribution in [1.29, 1.82) is 0 Å². The molecule has 1 aromatic heterocycles. The van der Waals surface area contributed by atoms with E-state index in [4.69, 9.17) is 0 Å². The molecule has 0 amide bonds. The molecular weight excluding hydrogens is 276 g/mol. The van der Waals surface area contributed by atoms with Gasteiger partial charge in [0.2, 0.25) is 0 Å². The zero-order chi connectivity index (χ0) is 12.3. The van der Waals surface area contributed by atoms with Crippen molar-refractivity contribution in [3.63, 3.8) is 0 Å². The summed E-state index contributed by atoms with van der Waals surface area (Å²) in [6.45, 7) is 4.31. The normalized spacial score (nSPS) is 20.4. The molecule has 0 saturated carbocycles. The van der Waals surface area contributed by atoms with Crippen molar-refractivity contribution in [3.8, 4) is 0 Å². The quantitative estimate of drug-likeness (QED) is 0.840. The van der Waals surface area contributed by atoms with E-state index in [-0.39, 0.29) is 23.5 Å². The van der Waals surface area contributed by atoms with Crippen LogP contribution in [0.2, 0.25) is 0 Å². The van der Waals surface area contributed by atoms with Crippen LogP contribution in [-0.2, 0) is 16.6 Å². The minimum Gasteiger partial charge on any atom is -0.336 e. The number of nitrogens with zero attached hydrogens (tertiary/aromatic N) is 2. The smallest absolute Gasteiger partial charge is 0.259 e. The number of aryl methyl sites for hydroxylation is 1. The lowest BCUT2D eigenvalue weighted by atomic mass is 10.1. The van der Waals surface area contributed by atoms with Crippen LogP contribution in [0.3, 0.4) is 0 Å². The maximum absolute atomic E-state index is 12.0. The molecular formula is C10H19ClN4O2S. The summed E-state index contributed by atoms with van der Waals surface area (Å²) in [4.78, 5) is 3.92.